The molecule has 98 valence electrons. The van der Waals surface area contributed by atoms with Gasteiger partial charge in [0.1, 0.15) is 12.0 Å². The van der Waals surface area contributed by atoms with E-state index in [0.29, 0.717) is 18.8 Å². The number of anilines is 1. The predicted molar refractivity (Wildman–Crippen MR) is 69.1 cm³/mol. The van der Waals surface area contributed by atoms with Gasteiger partial charge in [-0.05, 0) is 30.0 Å². The number of pyridine rings is 1. The molecule has 5 heteroatoms. The van der Waals surface area contributed by atoms with Gasteiger partial charge in [-0.15, -0.1) is 0 Å². The first-order valence-corrected chi connectivity index (χ1v) is 6.26. The van der Waals surface area contributed by atoms with Crippen LogP contribution in [0.5, 0.6) is 0 Å². The maximum Gasteiger partial charge on any atom is 0.222 e. The molecule has 0 aromatic carbocycles. The molecule has 1 aromatic heterocycles. The number of aliphatic hydroxyl groups excluding tert-OH is 1. The molecular weight excluding hydrogens is 230 g/mol. The molecule has 1 aromatic rings. The predicted octanol–water partition coefficient (Wildman–Crippen LogP) is 1.21. The Labute approximate surface area is 107 Å². The van der Waals surface area contributed by atoms with E-state index in [1.165, 1.54) is 5.56 Å². The highest BCUT2D eigenvalue weighted by molar-refractivity contribution is 5.77. The van der Waals surface area contributed by atoms with Crippen LogP contribution < -0.4 is 10.6 Å². The maximum atomic E-state index is 11.1. The Morgan fingerprint density at radius 2 is 2.33 bits per heavy atom. The summed E-state index contributed by atoms with van der Waals surface area (Å²) in [6.07, 6.45) is 1.95. The van der Waals surface area contributed by atoms with Gasteiger partial charge in [-0.25, -0.2) is 4.98 Å². The third kappa shape index (κ3) is 2.98. The van der Waals surface area contributed by atoms with Gasteiger partial charge >= 0.3 is 0 Å². The summed E-state index contributed by atoms with van der Waals surface area (Å²) in [5, 5.41) is 15.4. The summed E-state index contributed by atoms with van der Waals surface area (Å²) >= 11 is 0. The molecule has 18 heavy (non-hydrogen) atoms. The van der Waals surface area contributed by atoms with Crippen molar-refractivity contribution in [2.24, 2.45) is 0 Å². The molecule has 0 radical (unpaired) electrons. The number of hydrogen-bond donors (Lipinski definition) is 3. The van der Waals surface area contributed by atoms with Crippen molar-refractivity contribution in [3.05, 3.63) is 23.9 Å². The summed E-state index contributed by atoms with van der Waals surface area (Å²) in [4.78, 5) is 15.3. The maximum absolute atomic E-state index is 11.1. The number of amides is 1. The molecule has 0 bridgehead atoms. The average molecular weight is 249 g/mol. The Balaban J connectivity index is 2.05. The number of aromatic nitrogens is 1. The van der Waals surface area contributed by atoms with Crippen molar-refractivity contribution >= 4 is 11.7 Å². The van der Waals surface area contributed by atoms with Crippen LogP contribution in [0.1, 0.15) is 38.2 Å². The highest BCUT2D eigenvalue weighted by Gasteiger charge is 2.26. The summed E-state index contributed by atoms with van der Waals surface area (Å²) in [6, 6.07) is 3.78. The number of carbonyl (C=O) groups is 1. The lowest BCUT2D eigenvalue weighted by Crippen LogP contribution is -2.51. The molecule has 1 fully saturated rings. The summed E-state index contributed by atoms with van der Waals surface area (Å²) in [7, 11) is 0. The molecule has 5 nitrogen and oxygen atoms in total. The number of nitrogens with one attached hydrogen (secondary N) is 2. The number of hydrogen-bond acceptors (Lipinski definition) is 4. The minimum atomic E-state index is -0.851. The van der Waals surface area contributed by atoms with Crippen molar-refractivity contribution in [3.63, 3.8) is 0 Å². The summed E-state index contributed by atoms with van der Waals surface area (Å²) < 4.78 is 0. The van der Waals surface area contributed by atoms with E-state index in [-0.39, 0.29) is 11.9 Å². The SMILES string of the molecule is CC(C)c1ccnc(N[C@H]2CCC(=O)NC2O)c1. The largest absolute Gasteiger partial charge is 0.372 e. The van der Waals surface area contributed by atoms with Crippen LogP contribution in [0.2, 0.25) is 0 Å². The molecule has 2 rings (SSSR count). The van der Waals surface area contributed by atoms with E-state index < -0.39 is 6.23 Å². The number of aliphatic hydroxyl groups is 1. The van der Waals surface area contributed by atoms with E-state index in [1.54, 1.807) is 6.20 Å². The van der Waals surface area contributed by atoms with E-state index in [1.807, 2.05) is 12.1 Å². The Morgan fingerprint density at radius 1 is 1.56 bits per heavy atom. The minimum absolute atomic E-state index is 0.107. The van der Waals surface area contributed by atoms with Crippen molar-refractivity contribution in [2.75, 3.05) is 5.32 Å². The van der Waals surface area contributed by atoms with Gasteiger partial charge in [0.05, 0.1) is 6.04 Å². The Bertz CT molecular complexity index is 434. The lowest BCUT2D eigenvalue weighted by atomic mass is 10.0. The second-order valence-corrected chi connectivity index (χ2v) is 4.93. The summed E-state index contributed by atoms with van der Waals surface area (Å²) in [6.45, 7) is 4.24. The first-order chi connectivity index (χ1) is 8.56. The van der Waals surface area contributed by atoms with Gasteiger partial charge in [0.2, 0.25) is 5.91 Å². The number of nitrogens with zero attached hydrogens (tertiary/aromatic N) is 1. The molecule has 0 saturated carbocycles. The van der Waals surface area contributed by atoms with Crippen LogP contribution >= 0.6 is 0 Å². The van der Waals surface area contributed by atoms with Crippen molar-refractivity contribution in [3.8, 4) is 0 Å². The fourth-order valence-electron chi connectivity index (χ4n) is 2.01. The Morgan fingerprint density at radius 3 is 3.00 bits per heavy atom. The van der Waals surface area contributed by atoms with Crippen LogP contribution in [0.3, 0.4) is 0 Å². The molecule has 2 atom stereocenters. The first-order valence-electron chi connectivity index (χ1n) is 6.26. The molecule has 0 aliphatic carbocycles. The second kappa shape index (κ2) is 5.35. The number of rotatable bonds is 3. The molecule has 1 aliphatic heterocycles. The standard InChI is InChI=1S/C13H19N3O2/c1-8(2)9-5-6-14-11(7-9)15-10-3-4-12(17)16-13(10)18/h5-8,10,13,18H,3-4H2,1-2H3,(H,14,15)(H,16,17)/t10-,13?/m0/s1. The minimum Gasteiger partial charge on any atom is -0.372 e. The quantitative estimate of drug-likeness (QED) is 0.753. The zero-order valence-electron chi connectivity index (χ0n) is 10.7. The van der Waals surface area contributed by atoms with Gasteiger partial charge in [-0.2, -0.15) is 0 Å². The van der Waals surface area contributed by atoms with Crippen molar-refractivity contribution in [1.82, 2.24) is 10.3 Å². The molecule has 1 saturated heterocycles. The van der Waals surface area contributed by atoms with Crippen LogP contribution in [-0.2, 0) is 4.79 Å². The van der Waals surface area contributed by atoms with Crippen LogP contribution in [0, 0.1) is 0 Å². The smallest absolute Gasteiger partial charge is 0.222 e. The van der Waals surface area contributed by atoms with Gasteiger partial charge < -0.3 is 15.7 Å². The first kappa shape index (κ1) is 12.8. The highest BCUT2D eigenvalue weighted by atomic mass is 16.3. The third-order valence-electron chi connectivity index (χ3n) is 3.16. The molecule has 1 unspecified atom stereocenters. The molecular formula is C13H19N3O2. The van der Waals surface area contributed by atoms with Crippen LogP contribution in [-0.4, -0.2) is 28.3 Å². The highest BCUT2D eigenvalue weighted by Crippen LogP contribution is 2.19. The van der Waals surface area contributed by atoms with Crippen molar-refractivity contribution in [1.29, 1.82) is 0 Å². The average Bonchev–Trinajstić information content (AvgIpc) is 2.33. The number of piperidine rings is 1. The fraction of sp³-hybridized carbons (Fsp3) is 0.538. The van der Waals surface area contributed by atoms with E-state index in [9.17, 15) is 9.90 Å². The van der Waals surface area contributed by atoms with E-state index in [0.717, 1.165) is 5.82 Å². The van der Waals surface area contributed by atoms with Crippen molar-refractivity contribution < 1.29 is 9.90 Å². The monoisotopic (exact) mass is 249 g/mol. The van der Waals surface area contributed by atoms with E-state index in [2.05, 4.69) is 29.5 Å². The van der Waals surface area contributed by atoms with Gasteiger partial charge in [-0.1, -0.05) is 13.8 Å². The third-order valence-corrected chi connectivity index (χ3v) is 3.16. The lowest BCUT2D eigenvalue weighted by Gasteiger charge is -2.29. The number of carbonyl (C=O) groups excluding carboxylic acids is 1. The van der Waals surface area contributed by atoms with Crippen LogP contribution in [0.4, 0.5) is 5.82 Å². The van der Waals surface area contributed by atoms with Gasteiger partial charge in [0.15, 0.2) is 0 Å². The summed E-state index contributed by atoms with van der Waals surface area (Å²) in [5.41, 5.74) is 1.20. The Kier molecular flexibility index (Phi) is 3.81. The zero-order valence-corrected chi connectivity index (χ0v) is 10.7. The second-order valence-electron chi connectivity index (χ2n) is 4.93. The molecule has 1 amide bonds. The summed E-state index contributed by atoms with van der Waals surface area (Å²) in [5.74, 6) is 1.07. The fourth-order valence-corrected chi connectivity index (χ4v) is 2.01. The molecule has 0 spiro atoms. The molecule has 3 N–H and O–H groups in total. The van der Waals surface area contributed by atoms with Crippen LogP contribution in [0.15, 0.2) is 18.3 Å². The van der Waals surface area contributed by atoms with Gasteiger partial charge in [0, 0.05) is 12.6 Å². The normalized spacial score (nSPS) is 23.9. The molecule has 1 aliphatic rings. The topological polar surface area (TPSA) is 74.2 Å². The van der Waals surface area contributed by atoms with Crippen molar-refractivity contribution in [2.45, 2.75) is 44.9 Å². The lowest BCUT2D eigenvalue weighted by molar-refractivity contribution is -0.126. The van der Waals surface area contributed by atoms with Gasteiger partial charge in [-0.3, -0.25) is 4.79 Å². The van der Waals surface area contributed by atoms with E-state index in [4.69, 9.17) is 0 Å². The van der Waals surface area contributed by atoms with E-state index >= 15 is 0 Å². The molecule has 2 heterocycles. The van der Waals surface area contributed by atoms with Crippen LogP contribution in [0.25, 0.3) is 0 Å². The van der Waals surface area contributed by atoms with Gasteiger partial charge in [0.25, 0.3) is 0 Å². The Hall–Kier alpha value is -1.62. The zero-order chi connectivity index (χ0) is 13.1.